The Kier molecular flexibility index (Phi) is 2.71. The van der Waals surface area contributed by atoms with Crippen LogP contribution in [0.25, 0.3) is 11.3 Å². The van der Waals surface area contributed by atoms with Gasteiger partial charge in [-0.2, -0.15) is 0 Å². The molecule has 100 valence electrons. The second kappa shape index (κ2) is 4.53. The highest BCUT2D eigenvalue weighted by molar-refractivity contribution is 5.62. The van der Waals surface area contributed by atoms with Gasteiger partial charge in [-0.3, -0.25) is 19.9 Å². The van der Waals surface area contributed by atoms with Crippen LogP contribution in [-0.4, -0.2) is 25.2 Å². The number of aromatic nitrogens is 4. The van der Waals surface area contributed by atoms with Crippen molar-refractivity contribution in [2.24, 2.45) is 0 Å². The molecule has 0 saturated heterocycles. The number of H-pyrrole nitrogens is 1. The van der Waals surface area contributed by atoms with Crippen LogP contribution in [0.5, 0.6) is 0 Å². The van der Waals surface area contributed by atoms with Crippen LogP contribution in [0.2, 0.25) is 0 Å². The fraction of sp³-hybridized carbons (Fsp3) is 0.0909. The van der Waals surface area contributed by atoms with Crippen molar-refractivity contribution in [3.05, 3.63) is 56.0 Å². The number of hydrogen-bond acceptors (Lipinski definition) is 7. The largest absolute Gasteiger partial charge is 0.299 e. The van der Waals surface area contributed by atoms with Gasteiger partial charge < -0.3 is 0 Å². The van der Waals surface area contributed by atoms with E-state index in [9.17, 15) is 14.9 Å². The van der Waals surface area contributed by atoms with Crippen LogP contribution in [0, 0.1) is 10.1 Å². The Morgan fingerprint density at radius 2 is 2.20 bits per heavy atom. The van der Waals surface area contributed by atoms with Crippen molar-refractivity contribution in [2.75, 3.05) is 0 Å². The zero-order valence-corrected chi connectivity index (χ0v) is 9.94. The zero-order chi connectivity index (χ0) is 14.1. The summed E-state index contributed by atoms with van der Waals surface area (Å²) < 4.78 is 4.45. The van der Waals surface area contributed by atoms with Gasteiger partial charge in [-0.15, -0.1) is 0 Å². The molecule has 1 aromatic carbocycles. The van der Waals surface area contributed by atoms with Gasteiger partial charge in [0.15, 0.2) is 0 Å². The Labute approximate surface area is 110 Å². The van der Waals surface area contributed by atoms with E-state index in [-0.39, 0.29) is 29.1 Å². The van der Waals surface area contributed by atoms with Crippen LogP contribution in [0.4, 0.5) is 5.69 Å². The predicted octanol–water partition coefficient (Wildman–Crippen LogP) is 0.805. The number of nitrogens with one attached hydrogen (secondary N) is 1. The first-order chi connectivity index (χ1) is 9.63. The molecular formula is C11H7N5O4. The highest BCUT2D eigenvalue weighted by atomic mass is 16.6. The minimum absolute atomic E-state index is 0.0388. The Balaban J connectivity index is 2.00. The fourth-order valence-corrected chi connectivity index (χ4v) is 1.79. The first-order valence-electron chi connectivity index (χ1n) is 5.58. The molecule has 2 aromatic heterocycles. The van der Waals surface area contributed by atoms with Gasteiger partial charge in [0.25, 0.3) is 11.2 Å². The molecule has 0 fully saturated rings. The molecule has 0 aliphatic heterocycles. The highest BCUT2D eigenvalue weighted by Crippen LogP contribution is 2.15. The maximum absolute atomic E-state index is 11.8. The normalized spacial score (nSPS) is 10.8. The number of fused-ring (bicyclic) bond motifs is 1. The molecule has 3 rings (SSSR count). The van der Waals surface area contributed by atoms with Gasteiger partial charge >= 0.3 is 0 Å². The molecule has 0 atom stereocenters. The predicted molar refractivity (Wildman–Crippen MR) is 66.1 cm³/mol. The molecule has 9 heteroatoms. The van der Waals surface area contributed by atoms with E-state index < -0.39 is 10.5 Å². The number of non-ortho nitro benzene ring substituents is 1. The third-order valence-corrected chi connectivity index (χ3v) is 2.70. The van der Waals surface area contributed by atoms with Crippen LogP contribution in [0.1, 0.15) is 11.3 Å². The van der Waals surface area contributed by atoms with Gasteiger partial charge in [0, 0.05) is 18.6 Å². The van der Waals surface area contributed by atoms with E-state index in [0.717, 1.165) is 0 Å². The molecule has 20 heavy (non-hydrogen) atoms. The van der Waals surface area contributed by atoms with E-state index in [1.807, 2.05) is 0 Å². The Morgan fingerprint density at radius 3 is 3.00 bits per heavy atom. The van der Waals surface area contributed by atoms with Crippen molar-refractivity contribution in [3.63, 3.8) is 0 Å². The second-order valence-corrected chi connectivity index (χ2v) is 4.05. The van der Waals surface area contributed by atoms with Crippen molar-refractivity contribution in [3.8, 4) is 0 Å². The standard InChI is InChI=1S/C11H7N5O4/c17-11-8(12-9-10(13-11)15-20-14-9)5-6-2-1-3-7(4-6)16(18)19/h1-4H,5H2,(H,13,15,17). The highest BCUT2D eigenvalue weighted by Gasteiger charge is 2.11. The van der Waals surface area contributed by atoms with E-state index in [2.05, 4.69) is 24.9 Å². The monoisotopic (exact) mass is 273 g/mol. The SMILES string of the molecule is O=c1[nH]c2nonc2nc1Cc1cccc([N+](=O)[O-])c1. The van der Waals surface area contributed by atoms with Gasteiger partial charge in [0.05, 0.1) is 4.92 Å². The molecule has 0 radical (unpaired) electrons. The Morgan fingerprint density at radius 1 is 1.35 bits per heavy atom. The topological polar surface area (TPSA) is 128 Å². The van der Waals surface area contributed by atoms with Gasteiger partial charge in [-0.05, 0) is 15.9 Å². The van der Waals surface area contributed by atoms with E-state index >= 15 is 0 Å². The van der Waals surface area contributed by atoms with E-state index in [1.165, 1.54) is 12.1 Å². The molecule has 9 nitrogen and oxygen atoms in total. The smallest absolute Gasteiger partial charge is 0.271 e. The number of hydrogen-bond donors (Lipinski definition) is 1. The molecule has 3 aromatic rings. The van der Waals surface area contributed by atoms with Gasteiger partial charge in [0.1, 0.15) is 5.69 Å². The minimum Gasteiger partial charge on any atom is -0.299 e. The summed E-state index contributed by atoms with van der Waals surface area (Å²) in [5.41, 5.74) is 0.673. The van der Waals surface area contributed by atoms with Gasteiger partial charge in [-0.1, -0.05) is 12.1 Å². The summed E-state index contributed by atoms with van der Waals surface area (Å²) in [6.45, 7) is 0. The van der Waals surface area contributed by atoms with E-state index in [0.29, 0.717) is 5.56 Å². The summed E-state index contributed by atoms with van der Waals surface area (Å²) in [6.07, 6.45) is 0.153. The molecule has 0 amide bonds. The first kappa shape index (κ1) is 12.0. The van der Waals surface area contributed by atoms with Crippen molar-refractivity contribution in [1.29, 1.82) is 0 Å². The maximum Gasteiger partial charge on any atom is 0.271 e. The van der Waals surface area contributed by atoms with Crippen molar-refractivity contribution >= 4 is 17.0 Å². The molecular weight excluding hydrogens is 266 g/mol. The maximum atomic E-state index is 11.8. The number of rotatable bonds is 3. The summed E-state index contributed by atoms with van der Waals surface area (Å²) in [5.74, 6) is 0. The van der Waals surface area contributed by atoms with Crippen LogP contribution < -0.4 is 5.56 Å². The summed E-state index contributed by atoms with van der Waals surface area (Å²) in [4.78, 5) is 28.5. The van der Waals surface area contributed by atoms with Gasteiger partial charge in [-0.25, -0.2) is 9.61 Å². The lowest BCUT2D eigenvalue weighted by Gasteiger charge is -2.00. The molecule has 2 heterocycles. The lowest BCUT2D eigenvalue weighted by molar-refractivity contribution is -0.384. The molecule has 0 aliphatic carbocycles. The van der Waals surface area contributed by atoms with Gasteiger partial charge in [0.2, 0.25) is 11.3 Å². The Hall–Kier alpha value is -3.10. The summed E-state index contributed by atoms with van der Waals surface area (Å²) in [6, 6.07) is 6.01. The van der Waals surface area contributed by atoms with E-state index in [4.69, 9.17) is 0 Å². The average molecular weight is 273 g/mol. The van der Waals surface area contributed by atoms with Crippen LogP contribution in [-0.2, 0) is 6.42 Å². The average Bonchev–Trinajstić information content (AvgIpc) is 2.86. The molecule has 0 aliphatic rings. The second-order valence-electron chi connectivity index (χ2n) is 4.05. The lowest BCUT2D eigenvalue weighted by atomic mass is 10.1. The van der Waals surface area contributed by atoms with Crippen molar-refractivity contribution in [1.82, 2.24) is 20.3 Å². The van der Waals surface area contributed by atoms with Crippen molar-refractivity contribution < 1.29 is 9.55 Å². The Bertz CT molecular complexity index is 853. The van der Waals surface area contributed by atoms with Crippen LogP contribution in [0.3, 0.4) is 0 Å². The lowest BCUT2D eigenvalue weighted by Crippen LogP contribution is -2.15. The number of nitrogens with zero attached hydrogens (tertiary/aromatic N) is 4. The van der Waals surface area contributed by atoms with E-state index in [1.54, 1.807) is 12.1 Å². The summed E-state index contributed by atoms with van der Waals surface area (Å²) in [5, 5.41) is 17.7. The number of nitro groups is 1. The molecule has 0 bridgehead atoms. The molecule has 0 saturated carbocycles. The summed E-state index contributed by atoms with van der Waals surface area (Å²) in [7, 11) is 0. The third kappa shape index (κ3) is 2.11. The molecule has 0 spiro atoms. The number of benzene rings is 1. The van der Waals surface area contributed by atoms with Crippen LogP contribution in [0.15, 0.2) is 33.7 Å². The zero-order valence-electron chi connectivity index (χ0n) is 9.94. The minimum atomic E-state index is -0.494. The number of aromatic amines is 1. The fourth-order valence-electron chi connectivity index (χ4n) is 1.79. The number of nitro benzene ring substituents is 1. The quantitative estimate of drug-likeness (QED) is 0.552. The first-order valence-corrected chi connectivity index (χ1v) is 5.58. The molecule has 0 unspecified atom stereocenters. The van der Waals surface area contributed by atoms with Crippen molar-refractivity contribution in [2.45, 2.75) is 6.42 Å². The third-order valence-electron chi connectivity index (χ3n) is 2.70. The van der Waals surface area contributed by atoms with Crippen LogP contribution >= 0.6 is 0 Å². The molecule has 1 N–H and O–H groups in total. The summed E-state index contributed by atoms with van der Waals surface area (Å²) >= 11 is 0.